The summed E-state index contributed by atoms with van der Waals surface area (Å²) < 4.78 is 0. The van der Waals surface area contributed by atoms with Gasteiger partial charge in [-0.25, -0.2) is 0 Å². The van der Waals surface area contributed by atoms with Crippen LogP contribution in [0.1, 0.15) is 98.3 Å². The zero-order valence-electron chi connectivity index (χ0n) is 19.5. The summed E-state index contributed by atoms with van der Waals surface area (Å²) in [5.74, 6) is 1.59. The van der Waals surface area contributed by atoms with E-state index in [0.29, 0.717) is 28.6 Å². The van der Waals surface area contributed by atoms with Gasteiger partial charge in [0.1, 0.15) is 0 Å². The van der Waals surface area contributed by atoms with Crippen LogP contribution in [0.3, 0.4) is 0 Å². The highest BCUT2D eigenvalue weighted by Crippen LogP contribution is 2.70. The summed E-state index contributed by atoms with van der Waals surface area (Å²) in [6.07, 6.45) is 14.0. The summed E-state index contributed by atoms with van der Waals surface area (Å²) in [6.45, 7) is 9.77. The Morgan fingerprint density at radius 3 is 2.40 bits per heavy atom. The second-order valence-corrected chi connectivity index (χ2v) is 13.1. The van der Waals surface area contributed by atoms with Gasteiger partial charge >= 0.3 is 5.97 Å². The van der Waals surface area contributed by atoms with Gasteiger partial charge in [-0.3, -0.25) is 4.79 Å². The highest BCUT2D eigenvalue weighted by atomic mass is 16.4. The average Bonchev–Trinajstić information content (AvgIpc) is 2.67. The van der Waals surface area contributed by atoms with Gasteiger partial charge in [-0.2, -0.15) is 0 Å². The number of carboxylic acid groups (broad SMARTS) is 1. The van der Waals surface area contributed by atoms with E-state index in [0.717, 1.165) is 57.8 Å². The van der Waals surface area contributed by atoms with Crippen molar-refractivity contribution in [3.05, 3.63) is 11.6 Å². The molecule has 0 radical (unpaired) electrons. The van der Waals surface area contributed by atoms with E-state index in [-0.39, 0.29) is 17.4 Å². The van der Waals surface area contributed by atoms with E-state index in [1.807, 2.05) is 0 Å². The van der Waals surface area contributed by atoms with Crippen molar-refractivity contribution in [2.24, 2.45) is 45.3 Å². The highest BCUT2D eigenvalue weighted by molar-refractivity contribution is 5.76. The first-order valence-electron chi connectivity index (χ1n) is 12.6. The Morgan fingerprint density at radius 2 is 1.67 bits per heavy atom. The Hall–Kier alpha value is -0.830. The molecule has 0 aromatic carbocycles. The summed E-state index contributed by atoms with van der Waals surface area (Å²) >= 11 is 0. The van der Waals surface area contributed by atoms with Crippen LogP contribution in [0, 0.1) is 45.3 Å². The predicted octanol–water partition coefficient (Wildman–Crippen LogP) is 6.21. The third-order valence-electron chi connectivity index (χ3n) is 11.3. The Kier molecular flexibility index (Phi) is 4.62. The first kappa shape index (κ1) is 21.0. The Labute approximate surface area is 182 Å². The molecule has 4 fully saturated rings. The van der Waals surface area contributed by atoms with Gasteiger partial charge in [-0.15, -0.1) is 0 Å². The van der Waals surface area contributed by atoms with Gasteiger partial charge in [0, 0.05) is 0 Å². The number of rotatable bonds is 1. The number of hydrogen-bond donors (Lipinski definition) is 2. The summed E-state index contributed by atoms with van der Waals surface area (Å²) in [4.78, 5) is 12.6. The molecule has 0 saturated heterocycles. The minimum absolute atomic E-state index is 0.0996. The van der Waals surface area contributed by atoms with Crippen LogP contribution in [0.25, 0.3) is 0 Å². The lowest BCUT2D eigenvalue weighted by Gasteiger charge is -2.65. The van der Waals surface area contributed by atoms with Crippen LogP contribution in [0.15, 0.2) is 11.6 Å². The zero-order valence-corrected chi connectivity index (χ0v) is 19.5. The minimum atomic E-state index is -0.536. The summed E-state index contributed by atoms with van der Waals surface area (Å²) in [6, 6.07) is 0. The molecule has 8 atom stereocenters. The molecule has 3 nitrogen and oxygen atoms in total. The normalized spacial score (nSPS) is 52.2. The third kappa shape index (κ3) is 2.76. The van der Waals surface area contributed by atoms with Crippen molar-refractivity contribution >= 4 is 5.97 Å². The van der Waals surface area contributed by atoms with Crippen molar-refractivity contribution in [2.45, 2.75) is 104 Å². The van der Waals surface area contributed by atoms with E-state index in [1.54, 1.807) is 0 Å². The minimum Gasteiger partial charge on any atom is -0.481 e. The largest absolute Gasteiger partial charge is 0.481 e. The molecular formula is C27H42O3. The fraction of sp³-hybridized carbons (Fsp3) is 0.889. The maximum Gasteiger partial charge on any atom is 0.310 e. The topological polar surface area (TPSA) is 57.5 Å². The molecule has 5 aliphatic rings. The number of hydrogen-bond acceptors (Lipinski definition) is 2. The molecule has 0 bridgehead atoms. The molecule has 0 aromatic rings. The Balaban J connectivity index is 1.53. The number of carbonyl (C=O) groups is 1. The van der Waals surface area contributed by atoms with Crippen molar-refractivity contribution < 1.29 is 15.0 Å². The van der Waals surface area contributed by atoms with Gasteiger partial charge < -0.3 is 10.2 Å². The summed E-state index contributed by atoms with van der Waals surface area (Å²) in [7, 11) is 0. The molecule has 30 heavy (non-hydrogen) atoms. The van der Waals surface area contributed by atoms with E-state index < -0.39 is 11.4 Å². The lowest BCUT2D eigenvalue weighted by molar-refractivity contribution is -0.165. The van der Waals surface area contributed by atoms with Crippen LogP contribution in [0.4, 0.5) is 0 Å². The van der Waals surface area contributed by atoms with Crippen LogP contribution in [-0.2, 0) is 4.79 Å². The maximum atomic E-state index is 12.6. The number of allylic oxidation sites excluding steroid dienone is 2. The smallest absolute Gasteiger partial charge is 0.310 e. The van der Waals surface area contributed by atoms with Gasteiger partial charge in [-0.05, 0) is 111 Å². The predicted molar refractivity (Wildman–Crippen MR) is 119 cm³/mol. The number of aliphatic carboxylic acids is 1. The zero-order chi connectivity index (χ0) is 21.5. The molecule has 168 valence electrons. The van der Waals surface area contributed by atoms with Gasteiger partial charge in [0.15, 0.2) is 0 Å². The van der Waals surface area contributed by atoms with E-state index in [4.69, 9.17) is 0 Å². The summed E-state index contributed by atoms with van der Waals surface area (Å²) in [5, 5.41) is 20.7. The standard InChI is InChI=1S/C27H42O3/c1-24(2)13-14-27(23(29)30)12-9-20-19(21(27)16-24)5-6-22-25(3)11-8-18(28)15-17(25)7-10-26(20,22)4/h5,17-18,20-22,28H,6-16H2,1-4H3,(H,29,30)/t17?,18-,20?,21-,22?,25-,26-,27+/m0/s1. The molecular weight excluding hydrogens is 372 g/mol. The van der Waals surface area contributed by atoms with Crippen LogP contribution in [-0.4, -0.2) is 22.3 Å². The molecule has 5 rings (SSSR count). The average molecular weight is 415 g/mol. The first-order valence-corrected chi connectivity index (χ1v) is 12.6. The number of aliphatic hydroxyl groups excluding tert-OH is 1. The summed E-state index contributed by atoms with van der Waals surface area (Å²) in [5.41, 5.74) is 1.89. The van der Waals surface area contributed by atoms with Gasteiger partial charge in [0.05, 0.1) is 11.5 Å². The molecule has 3 unspecified atom stereocenters. The lowest BCUT2D eigenvalue weighted by Crippen LogP contribution is -2.59. The second kappa shape index (κ2) is 6.59. The molecule has 0 spiro atoms. The molecule has 2 N–H and O–H groups in total. The second-order valence-electron chi connectivity index (χ2n) is 13.1. The highest BCUT2D eigenvalue weighted by Gasteiger charge is 2.63. The maximum absolute atomic E-state index is 12.6. The number of aliphatic hydroxyl groups is 1. The van der Waals surface area contributed by atoms with Gasteiger partial charge in [0.25, 0.3) is 0 Å². The molecule has 4 saturated carbocycles. The Morgan fingerprint density at radius 1 is 0.933 bits per heavy atom. The number of fused-ring (bicyclic) bond motifs is 7. The fourth-order valence-corrected chi connectivity index (χ4v) is 9.42. The lowest BCUT2D eigenvalue weighted by atomic mass is 9.39. The van der Waals surface area contributed by atoms with Gasteiger partial charge in [0.2, 0.25) is 0 Å². The van der Waals surface area contributed by atoms with Crippen molar-refractivity contribution in [3.8, 4) is 0 Å². The number of carboxylic acids is 1. The SMILES string of the molecule is CC1(C)CC[C@]2(C(=O)O)CCC3C(=CCC4[C@@]5(C)CC[C@H](O)CC5CC[C@@]34C)[C@@H]2C1. The quantitative estimate of drug-likeness (QED) is 0.502. The molecule has 0 aromatic heterocycles. The van der Waals surface area contributed by atoms with Crippen molar-refractivity contribution in [1.82, 2.24) is 0 Å². The monoisotopic (exact) mass is 414 g/mol. The van der Waals surface area contributed by atoms with Crippen molar-refractivity contribution in [2.75, 3.05) is 0 Å². The van der Waals surface area contributed by atoms with E-state index in [2.05, 4.69) is 33.8 Å². The van der Waals surface area contributed by atoms with Crippen LogP contribution >= 0.6 is 0 Å². The first-order chi connectivity index (χ1) is 14.0. The molecule has 3 heteroatoms. The van der Waals surface area contributed by atoms with Crippen LogP contribution in [0.2, 0.25) is 0 Å². The van der Waals surface area contributed by atoms with Crippen LogP contribution in [0.5, 0.6) is 0 Å². The van der Waals surface area contributed by atoms with Crippen molar-refractivity contribution in [1.29, 1.82) is 0 Å². The molecule has 0 amide bonds. The fourth-order valence-electron chi connectivity index (χ4n) is 9.42. The van der Waals surface area contributed by atoms with Crippen LogP contribution < -0.4 is 0 Å². The third-order valence-corrected chi connectivity index (χ3v) is 11.3. The van der Waals surface area contributed by atoms with E-state index in [1.165, 1.54) is 18.4 Å². The molecule has 0 heterocycles. The van der Waals surface area contributed by atoms with E-state index in [9.17, 15) is 15.0 Å². The molecule has 0 aliphatic heterocycles. The Bertz CT molecular complexity index is 768. The van der Waals surface area contributed by atoms with E-state index >= 15 is 0 Å². The van der Waals surface area contributed by atoms with Gasteiger partial charge in [-0.1, -0.05) is 39.3 Å². The van der Waals surface area contributed by atoms with Crippen molar-refractivity contribution in [3.63, 3.8) is 0 Å². The molecule has 5 aliphatic carbocycles.